The maximum absolute atomic E-state index is 3.43. The van der Waals surface area contributed by atoms with Crippen molar-refractivity contribution in [3.8, 4) is 0 Å². The van der Waals surface area contributed by atoms with Crippen molar-refractivity contribution in [3.63, 3.8) is 0 Å². The summed E-state index contributed by atoms with van der Waals surface area (Å²) in [5.41, 5.74) is 0.665. The van der Waals surface area contributed by atoms with Crippen LogP contribution in [-0.2, 0) is 0 Å². The van der Waals surface area contributed by atoms with E-state index in [9.17, 15) is 0 Å². The maximum Gasteiger partial charge on any atom is 0.00203 e. The summed E-state index contributed by atoms with van der Waals surface area (Å²) in [6.45, 7) is 11.9. The minimum Gasteiger partial charge on any atom is -0.316 e. The molecule has 0 spiro atoms. The van der Waals surface area contributed by atoms with E-state index < -0.39 is 0 Å². The van der Waals surface area contributed by atoms with Gasteiger partial charge < -0.3 is 5.32 Å². The molecule has 0 bridgehead atoms. The van der Waals surface area contributed by atoms with Crippen LogP contribution in [0.5, 0.6) is 0 Å². The minimum atomic E-state index is 0.665. The molecule has 1 atom stereocenters. The first-order valence-corrected chi connectivity index (χ1v) is 5.80. The normalized spacial score (nSPS) is 22.8. The van der Waals surface area contributed by atoms with Crippen LogP contribution in [0.25, 0.3) is 0 Å². The highest BCUT2D eigenvalue weighted by Gasteiger charge is 2.37. The molecule has 1 aliphatic rings. The molecule has 0 aromatic rings. The molecule has 1 heteroatoms. The number of nitrogens with one attached hydrogen (secondary N) is 1. The maximum atomic E-state index is 3.43. The predicted octanol–water partition coefficient (Wildman–Crippen LogP) is 3.06. The number of hydrogen-bond donors (Lipinski definition) is 1. The fourth-order valence-electron chi connectivity index (χ4n) is 2.35. The van der Waals surface area contributed by atoms with Crippen molar-refractivity contribution < 1.29 is 0 Å². The average Bonchev–Trinajstić information content (AvgIpc) is 2.00. The van der Waals surface area contributed by atoms with Crippen LogP contribution in [0, 0.1) is 17.3 Å². The first-order valence-electron chi connectivity index (χ1n) is 5.80. The van der Waals surface area contributed by atoms with Gasteiger partial charge in [0.25, 0.3) is 0 Å². The molecule has 1 nitrogen and oxygen atoms in total. The van der Waals surface area contributed by atoms with E-state index in [1.54, 1.807) is 0 Å². The van der Waals surface area contributed by atoms with Crippen LogP contribution in [0.4, 0.5) is 0 Å². The van der Waals surface area contributed by atoms with Gasteiger partial charge in [-0.3, -0.25) is 0 Å². The zero-order valence-electron chi connectivity index (χ0n) is 9.69. The Hall–Kier alpha value is -0.0400. The Balaban J connectivity index is 2.39. The van der Waals surface area contributed by atoms with Gasteiger partial charge in [-0.05, 0) is 30.1 Å². The molecule has 0 aromatic carbocycles. The van der Waals surface area contributed by atoms with Crippen LogP contribution in [0.1, 0.15) is 47.0 Å². The highest BCUT2D eigenvalue weighted by atomic mass is 15.0. The third-order valence-electron chi connectivity index (χ3n) is 3.67. The second-order valence-corrected chi connectivity index (χ2v) is 5.28. The quantitative estimate of drug-likeness (QED) is 0.691. The third kappa shape index (κ3) is 2.70. The van der Waals surface area contributed by atoms with E-state index in [1.165, 1.54) is 32.4 Å². The molecule has 0 aromatic heterocycles. The molecule has 1 aliphatic heterocycles. The molecule has 1 heterocycles. The Morgan fingerprint density at radius 2 is 1.85 bits per heavy atom. The van der Waals surface area contributed by atoms with Gasteiger partial charge in [-0.2, -0.15) is 0 Å². The average molecular weight is 183 g/mol. The molecule has 0 radical (unpaired) electrons. The topological polar surface area (TPSA) is 12.0 Å². The van der Waals surface area contributed by atoms with Gasteiger partial charge in [0, 0.05) is 13.1 Å². The van der Waals surface area contributed by atoms with Crippen LogP contribution in [0.2, 0.25) is 0 Å². The highest BCUT2D eigenvalue weighted by Crippen LogP contribution is 2.37. The van der Waals surface area contributed by atoms with E-state index in [0.29, 0.717) is 5.41 Å². The molecule has 0 saturated carbocycles. The molecule has 1 rings (SSSR count). The molecule has 78 valence electrons. The van der Waals surface area contributed by atoms with Gasteiger partial charge in [-0.15, -0.1) is 0 Å². The molecule has 1 unspecified atom stereocenters. The zero-order valence-corrected chi connectivity index (χ0v) is 9.69. The van der Waals surface area contributed by atoms with E-state index >= 15 is 0 Å². The fraction of sp³-hybridized carbons (Fsp3) is 1.00. The standard InChI is InChI=1S/C12H25N/c1-5-6-12(8-13-9-12)7-11(4)10(2)3/h10-11,13H,5-9H2,1-4H3. The van der Waals surface area contributed by atoms with E-state index in [1.807, 2.05) is 0 Å². The highest BCUT2D eigenvalue weighted by molar-refractivity contribution is 4.93. The lowest BCUT2D eigenvalue weighted by atomic mass is 9.70. The van der Waals surface area contributed by atoms with Crippen molar-refractivity contribution in [1.29, 1.82) is 0 Å². The summed E-state index contributed by atoms with van der Waals surface area (Å²) in [5, 5.41) is 3.43. The summed E-state index contributed by atoms with van der Waals surface area (Å²) < 4.78 is 0. The second kappa shape index (κ2) is 4.45. The van der Waals surface area contributed by atoms with Gasteiger partial charge in [0.05, 0.1) is 0 Å². The predicted molar refractivity (Wildman–Crippen MR) is 58.8 cm³/mol. The van der Waals surface area contributed by atoms with Crippen LogP contribution < -0.4 is 5.32 Å². The third-order valence-corrected chi connectivity index (χ3v) is 3.67. The van der Waals surface area contributed by atoms with Gasteiger partial charge >= 0.3 is 0 Å². The lowest BCUT2D eigenvalue weighted by Gasteiger charge is -2.45. The molecule has 0 aliphatic carbocycles. The molecule has 1 saturated heterocycles. The van der Waals surface area contributed by atoms with Gasteiger partial charge in [0.15, 0.2) is 0 Å². The Bertz CT molecular complexity index is 147. The monoisotopic (exact) mass is 183 g/mol. The first kappa shape index (κ1) is 11.0. The van der Waals surface area contributed by atoms with Gasteiger partial charge in [0.2, 0.25) is 0 Å². The number of hydrogen-bond acceptors (Lipinski definition) is 1. The Morgan fingerprint density at radius 3 is 2.15 bits per heavy atom. The Morgan fingerprint density at radius 1 is 1.23 bits per heavy atom. The number of rotatable bonds is 5. The van der Waals surface area contributed by atoms with Crippen LogP contribution in [0.3, 0.4) is 0 Å². The molecule has 1 fully saturated rings. The SMILES string of the molecule is CCCC1(CC(C)C(C)C)CNC1. The van der Waals surface area contributed by atoms with Crippen molar-refractivity contribution in [2.24, 2.45) is 17.3 Å². The zero-order chi connectivity index (χ0) is 9.90. The van der Waals surface area contributed by atoms with E-state index in [0.717, 1.165) is 11.8 Å². The van der Waals surface area contributed by atoms with Crippen molar-refractivity contribution in [1.82, 2.24) is 5.32 Å². The van der Waals surface area contributed by atoms with Crippen molar-refractivity contribution in [2.45, 2.75) is 47.0 Å². The van der Waals surface area contributed by atoms with Crippen molar-refractivity contribution in [2.75, 3.05) is 13.1 Å². The second-order valence-electron chi connectivity index (χ2n) is 5.28. The fourth-order valence-corrected chi connectivity index (χ4v) is 2.35. The van der Waals surface area contributed by atoms with E-state index in [2.05, 4.69) is 33.0 Å². The smallest absolute Gasteiger partial charge is 0.00203 e. The van der Waals surface area contributed by atoms with Gasteiger partial charge in [0.1, 0.15) is 0 Å². The summed E-state index contributed by atoms with van der Waals surface area (Å²) in [5.74, 6) is 1.72. The lowest BCUT2D eigenvalue weighted by Crippen LogP contribution is -2.54. The largest absolute Gasteiger partial charge is 0.316 e. The molecule has 13 heavy (non-hydrogen) atoms. The van der Waals surface area contributed by atoms with Gasteiger partial charge in [-0.1, -0.05) is 34.1 Å². The van der Waals surface area contributed by atoms with Crippen LogP contribution >= 0.6 is 0 Å². The Kier molecular flexibility index (Phi) is 3.78. The lowest BCUT2D eigenvalue weighted by molar-refractivity contribution is 0.101. The first-order chi connectivity index (χ1) is 6.09. The molecular weight excluding hydrogens is 158 g/mol. The van der Waals surface area contributed by atoms with Crippen molar-refractivity contribution >= 4 is 0 Å². The van der Waals surface area contributed by atoms with E-state index in [4.69, 9.17) is 0 Å². The summed E-state index contributed by atoms with van der Waals surface area (Å²) in [7, 11) is 0. The minimum absolute atomic E-state index is 0.665. The molecule has 1 N–H and O–H groups in total. The van der Waals surface area contributed by atoms with E-state index in [-0.39, 0.29) is 0 Å². The van der Waals surface area contributed by atoms with Crippen LogP contribution in [0.15, 0.2) is 0 Å². The molecule has 0 amide bonds. The van der Waals surface area contributed by atoms with Gasteiger partial charge in [-0.25, -0.2) is 0 Å². The van der Waals surface area contributed by atoms with Crippen molar-refractivity contribution in [3.05, 3.63) is 0 Å². The van der Waals surface area contributed by atoms with Crippen LogP contribution in [-0.4, -0.2) is 13.1 Å². The summed E-state index contributed by atoms with van der Waals surface area (Å²) in [4.78, 5) is 0. The summed E-state index contributed by atoms with van der Waals surface area (Å²) in [6, 6.07) is 0. The molecular formula is C12H25N. The Labute approximate surface area is 83.3 Å². The summed E-state index contributed by atoms with van der Waals surface area (Å²) in [6.07, 6.45) is 4.18. The summed E-state index contributed by atoms with van der Waals surface area (Å²) >= 11 is 0.